The summed E-state index contributed by atoms with van der Waals surface area (Å²) in [5.41, 5.74) is 0. The molecular formula is C18H38NO6P. The molecule has 26 heavy (non-hydrogen) atoms. The highest BCUT2D eigenvalue weighted by molar-refractivity contribution is 7.46. The highest BCUT2D eigenvalue weighted by Crippen LogP contribution is 2.35. The predicted molar refractivity (Wildman–Crippen MR) is 103 cm³/mol. The molecule has 0 aliphatic rings. The van der Waals surface area contributed by atoms with Crippen LogP contribution in [0.1, 0.15) is 90.4 Å². The van der Waals surface area contributed by atoms with Crippen molar-refractivity contribution in [3.8, 4) is 0 Å². The maximum Gasteiger partial charge on any atom is 0.469 e. The van der Waals surface area contributed by atoms with Crippen molar-refractivity contribution >= 4 is 13.7 Å². The van der Waals surface area contributed by atoms with Gasteiger partial charge >= 0.3 is 7.82 Å². The van der Waals surface area contributed by atoms with Crippen LogP contribution in [0.15, 0.2) is 0 Å². The number of carbonyl (C=O) groups is 1. The maximum atomic E-state index is 11.6. The minimum atomic E-state index is -4.58. The second kappa shape index (κ2) is 16.7. The zero-order valence-electron chi connectivity index (χ0n) is 16.2. The predicted octanol–water partition coefficient (Wildman–Crippen LogP) is 3.66. The van der Waals surface area contributed by atoms with Crippen molar-refractivity contribution in [1.29, 1.82) is 0 Å². The number of phosphoric acid groups is 1. The lowest BCUT2D eigenvalue weighted by atomic mass is 10.0. The van der Waals surface area contributed by atoms with E-state index in [0.29, 0.717) is 6.42 Å². The fourth-order valence-electron chi connectivity index (χ4n) is 2.69. The van der Waals surface area contributed by atoms with E-state index < -0.39 is 20.5 Å². The summed E-state index contributed by atoms with van der Waals surface area (Å²) in [5.74, 6) is -0.160. The Morgan fingerprint density at radius 3 is 1.85 bits per heavy atom. The van der Waals surface area contributed by atoms with E-state index in [-0.39, 0.29) is 12.5 Å². The fourth-order valence-corrected chi connectivity index (χ4v) is 3.05. The number of aliphatic hydroxyl groups excluding tert-OH is 1. The molecule has 1 amide bonds. The van der Waals surface area contributed by atoms with E-state index in [4.69, 9.17) is 9.79 Å². The minimum absolute atomic E-state index is 0.0723. The molecular weight excluding hydrogens is 357 g/mol. The molecule has 1 unspecified atom stereocenters. The van der Waals surface area contributed by atoms with Gasteiger partial charge in [0.1, 0.15) is 0 Å². The molecule has 0 aromatic rings. The van der Waals surface area contributed by atoms with Crippen LogP contribution in [-0.2, 0) is 13.9 Å². The lowest BCUT2D eigenvalue weighted by Gasteiger charge is -2.12. The molecule has 0 aromatic heterocycles. The zero-order valence-corrected chi connectivity index (χ0v) is 17.1. The third-order valence-corrected chi connectivity index (χ3v) is 4.71. The van der Waals surface area contributed by atoms with Crippen molar-refractivity contribution in [2.24, 2.45) is 0 Å². The molecule has 156 valence electrons. The van der Waals surface area contributed by atoms with Crippen LogP contribution < -0.4 is 5.32 Å². The van der Waals surface area contributed by atoms with Crippen molar-refractivity contribution in [3.63, 3.8) is 0 Å². The van der Waals surface area contributed by atoms with Gasteiger partial charge in [0.05, 0.1) is 12.7 Å². The molecule has 0 saturated heterocycles. The normalized spacial score (nSPS) is 12.9. The average molecular weight is 395 g/mol. The van der Waals surface area contributed by atoms with Gasteiger partial charge in [-0.3, -0.25) is 9.32 Å². The van der Waals surface area contributed by atoms with E-state index in [9.17, 15) is 14.5 Å². The number of carbonyl (C=O) groups excluding carboxylic acids is 1. The van der Waals surface area contributed by atoms with Crippen molar-refractivity contribution < 1.29 is 28.8 Å². The number of rotatable bonds is 18. The third-order valence-electron chi connectivity index (χ3n) is 4.23. The van der Waals surface area contributed by atoms with Crippen LogP contribution in [0.5, 0.6) is 0 Å². The van der Waals surface area contributed by atoms with E-state index >= 15 is 0 Å². The molecule has 0 fully saturated rings. The van der Waals surface area contributed by atoms with E-state index in [0.717, 1.165) is 19.3 Å². The van der Waals surface area contributed by atoms with Gasteiger partial charge in [-0.2, -0.15) is 0 Å². The molecule has 0 aromatic carbocycles. The standard InChI is InChI=1S/C18H38NO6P/c1-2-3-4-5-6-7-8-9-10-11-12-13-14-18(21)19-15-17(20)16-25-26(22,23)24/h17,20H,2-16H2,1H3,(H,19,21)(H2,22,23,24). The Hall–Kier alpha value is -0.460. The Morgan fingerprint density at radius 2 is 1.38 bits per heavy atom. The molecule has 0 radical (unpaired) electrons. The van der Waals surface area contributed by atoms with Crippen LogP contribution in [0.4, 0.5) is 0 Å². The Labute approximate surface area is 158 Å². The average Bonchev–Trinajstić information content (AvgIpc) is 2.58. The van der Waals surface area contributed by atoms with Crippen molar-refractivity contribution in [1.82, 2.24) is 5.32 Å². The third kappa shape index (κ3) is 19.9. The summed E-state index contributed by atoms with van der Waals surface area (Å²) in [6.45, 7) is 1.65. The molecule has 1 atom stereocenters. The van der Waals surface area contributed by atoms with Gasteiger partial charge in [0.2, 0.25) is 5.91 Å². The summed E-state index contributed by atoms with van der Waals surface area (Å²) in [6, 6.07) is 0. The quantitative estimate of drug-likeness (QED) is 0.208. The lowest BCUT2D eigenvalue weighted by molar-refractivity contribution is -0.121. The molecule has 0 spiro atoms. The first-order valence-electron chi connectivity index (χ1n) is 10.00. The maximum absolute atomic E-state index is 11.6. The van der Waals surface area contributed by atoms with Gasteiger partial charge in [-0.25, -0.2) is 4.57 Å². The number of hydrogen-bond acceptors (Lipinski definition) is 4. The fraction of sp³-hybridized carbons (Fsp3) is 0.944. The highest BCUT2D eigenvalue weighted by atomic mass is 31.2. The highest BCUT2D eigenvalue weighted by Gasteiger charge is 2.17. The molecule has 0 rings (SSSR count). The second-order valence-electron chi connectivity index (χ2n) is 6.88. The Morgan fingerprint density at radius 1 is 0.923 bits per heavy atom. The van der Waals surface area contributed by atoms with Gasteiger partial charge < -0.3 is 20.2 Å². The molecule has 0 aliphatic carbocycles. The largest absolute Gasteiger partial charge is 0.469 e. The first-order valence-corrected chi connectivity index (χ1v) is 11.5. The number of nitrogens with one attached hydrogen (secondary N) is 1. The van der Waals surface area contributed by atoms with Crippen LogP contribution in [0.25, 0.3) is 0 Å². The summed E-state index contributed by atoms with van der Waals surface area (Å²) >= 11 is 0. The number of hydrogen-bond donors (Lipinski definition) is 4. The van der Waals surface area contributed by atoms with Gasteiger partial charge in [-0.05, 0) is 6.42 Å². The SMILES string of the molecule is CCCCCCCCCCCCCCC(=O)NCC(O)COP(=O)(O)O. The number of phosphoric ester groups is 1. The van der Waals surface area contributed by atoms with Crippen LogP contribution in [0.2, 0.25) is 0 Å². The van der Waals surface area contributed by atoms with Crippen molar-refractivity contribution in [2.45, 2.75) is 96.5 Å². The Balaban J connectivity index is 3.35. The van der Waals surface area contributed by atoms with Crippen LogP contribution >= 0.6 is 7.82 Å². The van der Waals surface area contributed by atoms with Crippen molar-refractivity contribution in [3.05, 3.63) is 0 Å². The Bertz CT molecular complexity index is 388. The summed E-state index contributed by atoms with van der Waals surface area (Å²) in [5, 5.41) is 12.0. The lowest BCUT2D eigenvalue weighted by Crippen LogP contribution is -2.34. The van der Waals surface area contributed by atoms with Crippen LogP contribution in [-0.4, -0.2) is 40.1 Å². The molecule has 7 nitrogen and oxygen atoms in total. The van der Waals surface area contributed by atoms with Crippen LogP contribution in [0, 0.1) is 0 Å². The molecule has 0 heterocycles. The molecule has 0 saturated carbocycles. The summed E-state index contributed by atoms with van der Waals surface area (Å²) in [7, 11) is -4.58. The number of amides is 1. The van der Waals surface area contributed by atoms with E-state index in [1.54, 1.807) is 0 Å². The van der Waals surface area contributed by atoms with Crippen LogP contribution in [0.3, 0.4) is 0 Å². The van der Waals surface area contributed by atoms with E-state index in [1.165, 1.54) is 57.8 Å². The Kier molecular flexibility index (Phi) is 16.4. The first-order chi connectivity index (χ1) is 12.3. The minimum Gasteiger partial charge on any atom is -0.389 e. The monoisotopic (exact) mass is 395 g/mol. The summed E-state index contributed by atoms with van der Waals surface area (Å²) < 4.78 is 14.7. The van der Waals surface area contributed by atoms with Gasteiger partial charge in [0.25, 0.3) is 0 Å². The van der Waals surface area contributed by atoms with E-state index in [2.05, 4.69) is 16.8 Å². The van der Waals surface area contributed by atoms with Gasteiger partial charge in [-0.1, -0.05) is 77.6 Å². The topological polar surface area (TPSA) is 116 Å². The second-order valence-corrected chi connectivity index (χ2v) is 8.12. The molecule has 0 bridgehead atoms. The molecule has 0 aliphatic heterocycles. The van der Waals surface area contributed by atoms with E-state index in [1.807, 2.05) is 0 Å². The number of aliphatic hydroxyl groups is 1. The smallest absolute Gasteiger partial charge is 0.389 e. The molecule has 8 heteroatoms. The first kappa shape index (κ1) is 25.5. The van der Waals surface area contributed by atoms with Gasteiger partial charge in [0, 0.05) is 13.0 Å². The number of unbranched alkanes of at least 4 members (excludes halogenated alkanes) is 11. The molecule has 4 N–H and O–H groups in total. The van der Waals surface area contributed by atoms with Gasteiger partial charge in [0.15, 0.2) is 0 Å². The zero-order chi connectivity index (χ0) is 19.7. The van der Waals surface area contributed by atoms with Crippen molar-refractivity contribution in [2.75, 3.05) is 13.2 Å². The summed E-state index contributed by atoms with van der Waals surface area (Å²) in [4.78, 5) is 28.6. The summed E-state index contributed by atoms with van der Waals surface area (Å²) in [6.07, 6.45) is 14.1. The van der Waals surface area contributed by atoms with Gasteiger partial charge in [-0.15, -0.1) is 0 Å².